The van der Waals surface area contributed by atoms with Crippen LogP contribution in [-0.4, -0.2) is 39.2 Å². The van der Waals surface area contributed by atoms with Gasteiger partial charge in [-0.3, -0.25) is 0 Å². The number of hydrogen-bond donors (Lipinski definition) is 0. The molecule has 0 spiro atoms. The zero-order valence-corrected chi connectivity index (χ0v) is 18.9. The molecule has 0 aliphatic carbocycles. The van der Waals surface area contributed by atoms with Gasteiger partial charge in [0.05, 0.1) is 38.0 Å². The predicted octanol–water partition coefficient (Wildman–Crippen LogP) is 4.62. The fourth-order valence-electron chi connectivity index (χ4n) is 3.68. The number of esters is 3. The molecule has 6 heteroatoms. The number of rotatable bonds is 8. The van der Waals surface area contributed by atoms with Crippen molar-refractivity contribution >= 4 is 17.9 Å². The molecule has 0 aliphatic heterocycles. The predicted molar refractivity (Wildman–Crippen MR) is 123 cm³/mol. The highest BCUT2D eigenvalue weighted by molar-refractivity contribution is 5.90. The average Bonchev–Trinajstić information content (AvgIpc) is 2.87. The van der Waals surface area contributed by atoms with Gasteiger partial charge in [0.15, 0.2) is 0 Å². The molecule has 3 rings (SSSR count). The minimum Gasteiger partial charge on any atom is -0.465 e. The van der Waals surface area contributed by atoms with Crippen molar-refractivity contribution in [3.8, 4) is 0 Å². The number of methoxy groups -OCH3 is 3. The van der Waals surface area contributed by atoms with Gasteiger partial charge in [0.1, 0.15) is 0 Å². The first-order valence-electron chi connectivity index (χ1n) is 10.5. The van der Waals surface area contributed by atoms with Crippen LogP contribution in [0.5, 0.6) is 0 Å². The van der Waals surface area contributed by atoms with E-state index in [4.69, 9.17) is 14.2 Å². The van der Waals surface area contributed by atoms with Crippen LogP contribution in [0.3, 0.4) is 0 Å². The maximum absolute atomic E-state index is 11.8. The largest absolute Gasteiger partial charge is 0.465 e. The minimum atomic E-state index is -0.380. The molecule has 3 aromatic rings. The molecule has 0 aromatic heterocycles. The van der Waals surface area contributed by atoms with E-state index in [0.717, 1.165) is 29.5 Å². The Balaban J connectivity index is 1.86. The Labute approximate surface area is 193 Å². The van der Waals surface area contributed by atoms with Gasteiger partial charge >= 0.3 is 17.9 Å². The van der Waals surface area contributed by atoms with Gasteiger partial charge in [-0.05, 0) is 71.8 Å². The number of ether oxygens (including phenoxy) is 3. The topological polar surface area (TPSA) is 78.9 Å². The molecule has 0 atom stereocenters. The second-order valence-corrected chi connectivity index (χ2v) is 7.60. The number of hydrogen-bond acceptors (Lipinski definition) is 6. The zero-order valence-electron chi connectivity index (χ0n) is 18.9. The third-order valence-electron chi connectivity index (χ3n) is 5.52. The number of carbonyl (C=O) groups is 3. The standard InChI is InChI=1S/C27H26O6/c1-31-25(28)21-8-4-18(5-9-21)16-24(20-12-14-23(15-13-20)27(30)33-3)17-19-6-10-22(11-7-19)26(29)32-2/h4-15,24H,16-17H2,1-3H3. The Morgan fingerprint density at radius 1 is 0.545 bits per heavy atom. The summed E-state index contributed by atoms with van der Waals surface area (Å²) in [6.07, 6.45) is 1.44. The van der Waals surface area contributed by atoms with Gasteiger partial charge in [-0.25, -0.2) is 14.4 Å². The summed E-state index contributed by atoms with van der Waals surface area (Å²) in [5.74, 6) is -1.02. The first-order chi connectivity index (χ1) is 15.9. The van der Waals surface area contributed by atoms with Crippen molar-refractivity contribution in [2.45, 2.75) is 18.8 Å². The van der Waals surface area contributed by atoms with E-state index in [-0.39, 0.29) is 23.8 Å². The molecule has 0 unspecified atom stereocenters. The molecule has 0 saturated heterocycles. The third kappa shape index (κ3) is 6.07. The van der Waals surface area contributed by atoms with Crippen LogP contribution >= 0.6 is 0 Å². The van der Waals surface area contributed by atoms with E-state index in [9.17, 15) is 14.4 Å². The van der Waals surface area contributed by atoms with E-state index in [1.54, 1.807) is 36.4 Å². The van der Waals surface area contributed by atoms with Crippen molar-refractivity contribution < 1.29 is 28.6 Å². The molecule has 0 heterocycles. The molecular weight excluding hydrogens is 420 g/mol. The van der Waals surface area contributed by atoms with Gasteiger partial charge in [-0.1, -0.05) is 36.4 Å². The van der Waals surface area contributed by atoms with Crippen LogP contribution in [-0.2, 0) is 27.1 Å². The van der Waals surface area contributed by atoms with E-state index in [1.807, 2.05) is 36.4 Å². The van der Waals surface area contributed by atoms with Crippen molar-refractivity contribution in [3.63, 3.8) is 0 Å². The summed E-state index contributed by atoms with van der Waals surface area (Å²) in [6.45, 7) is 0. The number of benzene rings is 3. The Kier molecular flexibility index (Phi) is 7.97. The Morgan fingerprint density at radius 3 is 1.15 bits per heavy atom. The molecule has 0 bridgehead atoms. The normalized spacial score (nSPS) is 10.5. The fraction of sp³-hybridized carbons (Fsp3) is 0.222. The van der Waals surface area contributed by atoms with E-state index in [1.165, 1.54) is 21.3 Å². The Morgan fingerprint density at radius 2 is 0.848 bits per heavy atom. The van der Waals surface area contributed by atoms with Gasteiger partial charge in [-0.2, -0.15) is 0 Å². The van der Waals surface area contributed by atoms with Crippen LogP contribution in [0.1, 0.15) is 53.7 Å². The smallest absolute Gasteiger partial charge is 0.337 e. The molecule has 0 radical (unpaired) electrons. The van der Waals surface area contributed by atoms with Crippen LogP contribution < -0.4 is 0 Å². The third-order valence-corrected chi connectivity index (χ3v) is 5.52. The zero-order chi connectivity index (χ0) is 23.8. The minimum absolute atomic E-state index is 0.102. The quantitative estimate of drug-likeness (QED) is 0.371. The van der Waals surface area contributed by atoms with Crippen molar-refractivity contribution in [1.82, 2.24) is 0 Å². The Hall–Kier alpha value is -3.93. The van der Waals surface area contributed by atoms with Gasteiger partial charge in [0.2, 0.25) is 0 Å². The molecule has 0 saturated carbocycles. The van der Waals surface area contributed by atoms with E-state index in [2.05, 4.69) is 0 Å². The van der Waals surface area contributed by atoms with Crippen LogP contribution in [0.4, 0.5) is 0 Å². The summed E-state index contributed by atoms with van der Waals surface area (Å²) >= 11 is 0. The lowest BCUT2D eigenvalue weighted by Crippen LogP contribution is -2.09. The highest BCUT2D eigenvalue weighted by Crippen LogP contribution is 2.27. The Bertz CT molecular complexity index is 1040. The van der Waals surface area contributed by atoms with Crippen LogP contribution in [0.15, 0.2) is 72.8 Å². The van der Waals surface area contributed by atoms with Gasteiger partial charge < -0.3 is 14.2 Å². The highest BCUT2D eigenvalue weighted by Gasteiger charge is 2.16. The lowest BCUT2D eigenvalue weighted by Gasteiger charge is -2.19. The van der Waals surface area contributed by atoms with Gasteiger partial charge in [0, 0.05) is 0 Å². The maximum Gasteiger partial charge on any atom is 0.337 e. The molecule has 6 nitrogen and oxygen atoms in total. The summed E-state index contributed by atoms with van der Waals surface area (Å²) in [4.78, 5) is 35.3. The summed E-state index contributed by atoms with van der Waals surface area (Å²) in [7, 11) is 4.07. The second-order valence-electron chi connectivity index (χ2n) is 7.60. The molecular formula is C27H26O6. The molecule has 0 amide bonds. The van der Waals surface area contributed by atoms with Crippen LogP contribution in [0.2, 0.25) is 0 Å². The summed E-state index contributed by atoms with van der Waals surface area (Å²) in [6, 6.07) is 22.1. The second kappa shape index (κ2) is 11.1. The molecule has 0 fully saturated rings. The summed E-state index contributed by atoms with van der Waals surface area (Å²) in [5, 5.41) is 0. The van der Waals surface area contributed by atoms with Crippen molar-refractivity contribution in [1.29, 1.82) is 0 Å². The van der Waals surface area contributed by atoms with Crippen LogP contribution in [0.25, 0.3) is 0 Å². The van der Waals surface area contributed by atoms with E-state index >= 15 is 0 Å². The maximum atomic E-state index is 11.8. The SMILES string of the molecule is COC(=O)c1ccc(CC(Cc2ccc(C(=O)OC)cc2)c2ccc(C(=O)OC)cc2)cc1. The molecule has 0 N–H and O–H groups in total. The van der Waals surface area contributed by atoms with E-state index < -0.39 is 0 Å². The van der Waals surface area contributed by atoms with Gasteiger partial charge in [0.25, 0.3) is 0 Å². The van der Waals surface area contributed by atoms with E-state index in [0.29, 0.717) is 16.7 Å². The first-order valence-corrected chi connectivity index (χ1v) is 10.5. The average molecular weight is 446 g/mol. The summed E-state index contributed by atoms with van der Waals surface area (Å²) < 4.78 is 14.3. The summed E-state index contributed by atoms with van der Waals surface area (Å²) in [5.41, 5.74) is 4.69. The van der Waals surface area contributed by atoms with Crippen molar-refractivity contribution in [3.05, 3.63) is 106 Å². The van der Waals surface area contributed by atoms with Crippen molar-refractivity contribution in [2.24, 2.45) is 0 Å². The van der Waals surface area contributed by atoms with Crippen LogP contribution in [0, 0.1) is 0 Å². The van der Waals surface area contributed by atoms with Gasteiger partial charge in [-0.15, -0.1) is 0 Å². The monoisotopic (exact) mass is 446 g/mol. The fourth-order valence-corrected chi connectivity index (χ4v) is 3.68. The highest BCUT2D eigenvalue weighted by atomic mass is 16.5. The van der Waals surface area contributed by atoms with Crippen molar-refractivity contribution in [2.75, 3.05) is 21.3 Å². The first kappa shape index (κ1) is 23.7. The number of carbonyl (C=O) groups excluding carboxylic acids is 3. The lowest BCUT2D eigenvalue weighted by molar-refractivity contribution is 0.0592. The molecule has 3 aromatic carbocycles. The lowest BCUT2D eigenvalue weighted by atomic mass is 9.86. The molecule has 0 aliphatic rings. The molecule has 170 valence electrons. The molecule has 33 heavy (non-hydrogen) atoms.